The molecular weight excluding hydrogens is 523 g/mol. The van der Waals surface area contributed by atoms with Crippen molar-refractivity contribution in [2.45, 2.75) is 38.4 Å². The van der Waals surface area contributed by atoms with Gasteiger partial charge in [0.2, 0.25) is 11.8 Å². The molecule has 0 bridgehead atoms. The third kappa shape index (κ3) is 7.91. The number of amides is 2. The van der Waals surface area contributed by atoms with Crippen molar-refractivity contribution in [3.8, 4) is 5.75 Å². The largest absolute Gasteiger partial charge is 0.484 e. The van der Waals surface area contributed by atoms with Gasteiger partial charge in [-0.15, -0.1) is 0 Å². The standard InChI is InChI=1S/C26H28F3N3O5S/c1-16-5-4-6-18(11-16)24(30)21(31-23(34)14-38(3,35)36)13-22(33)32-25(2)10-9-17-12-19(7-8-20(17)25)37-15-26(27,28)29/h4-8,11-13,30H,9-10,14-15H2,1-3H3,(H,31,34)(H,32,33)/b21-13-,30-24?/t25-/m0/s1. The molecule has 0 unspecified atom stereocenters. The van der Waals surface area contributed by atoms with Gasteiger partial charge in [0.15, 0.2) is 16.4 Å². The first-order valence-corrected chi connectivity index (χ1v) is 13.6. The minimum atomic E-state index is -4.46. The Hall–Kier alpha value is -3.67. The van der Waals surface area contributed by atoms with Crippen LogP contribution in [0.25, 0.3) is 0 Å². The van der Waals surface area contributed by atoms with Crippen molar-refractivity contribution in [2.75, 3.05) is 18.6 Å². The quantitative estimate of drug-likeness (QED) is 0.326. The number of nitrogens with one attached hydrogen (secondary N) is 3. The lowest BCUT2D eigenvalue weighted by molar-refractivity contribution is -0.153. The molecule has 0 fully saturated rings. The van der Waals surface area contributed by atoms with E-state index in [1.54, 1.807) is 31.2 Å². The monoisotopic (exact) mass is 551 g/mol. The molecule has 0 spiro atoms. The molecule has 1 aliphatic rings. The van der Waals surface area contributed by atoms with E-state index in [1.165, 1.54) is 12.1 Å². The van der Waals surface area contributed by atoms with E-state index >= 15 is 0 Å². The number of rotatable bonds is 9. The van der Waals surface area contributed by atoms with Crippen molar-refractivity contribution in [3.63, 3.8) is 0 Å². The molecule has 2 amide bonds. The molecule has 0 saturated carbocycles. The van der Waals surface area contributed by atoms with E-state index in [0.29, 0.717) is 24.0 Å². The van der Waals surface area contributed by atoms with E-state index in [1.807, 2.05) is 13.0 Å². The summed E-state index contributed by atoms with van der Waals surface area (Å²) in [6, 6.07) is 11.3. The molecule has 38 heavy (non-hydrogen) atoms. The minimum absolute atomic E-state index is 0.0685. The number of halogens is 3. The fourth-order valence-corrected chi connectivity index (χ4v) is 4.76. The van der Waals surface area contributed by atoms with Gasteiger partial charge in [-0.3, -0.25) is 15.0 Å². The van der Waals surface area contributed by atoms with Crippen LogP contribution in [-0.4, -0.2) is 50.7 Å². The molecule has 1 aliphatic carbocycles. The van der Waals surface area contributed by atoms with E-state index in [9.17, 15) is 31.2 Å². The predicted molar refractivity (Wildman–Crippen MR) is 136 cm³/mol. The maximum absolute atomic E-state index is 13.1. The molecular formula is C26H28F3N3O5S. The molecule has 3 N–H and O–H groups in total. The van der Waals surface area contributed by atoms with Crippen LogP contribution in [0.1, 0.15) is 35.6 Å². The van der Waals surface area contributed by atoms with Gasteiger partial charge in [-0.2, -0.15) is 13.2 Å². The predicted octanol–water partition coefficient (Wildman–Crippen LogP) is 3.33. The zero-order valence-corrected chi connectivity index (χ0v) is 21.8. The third-order valence-corrected chi connectivity index (χ3v) is 6.67. The Balaban J connectivity index is 1.84. The van der Waals surface area contributed by atoms with E-state index in [4.69, 9.17) is 10.1 Å². The van der Waals surface area contributed by atoms with Crippen molar-refractivity contribution in [1.29, 1.82) is 5.41 Å². The number of hydrogen-bond acceptors (Lipinski definition) is 6. The number of sulfone groups is 1. The number of ether oxygens (including phenoxy) is 1. The summed E-state index contributed by atoms with van der Waals surface area (Å²) in [4.78, 5) is 25.4. The normalized spacial score (nSPS) is 17.5. The van der Waals surface area contributed by atoms with Gasteiger partial charge in [-0.25, -0.2) is 8.42 Å². The Labute approximate surface area is 218 Å². The number of benzene rings is 2. The zero-order valence-electron chi connectivity index (χ0n) is 21.0. The van der Waals surface area contributed by atoms with E-state index in [-0.39, 0.29) is 17.2 Å². The van der Waals surface area contributed by atoms with Crippen LogP contribution in [0.2, 0.25) is 0 Å². The van der Waals surface area contributed by atoms with Gasteiger partial charge in [-0.1, -0.05) is 29.8 Å². The van der Waals surface area contributed by atoms with Crippen molar-refractivity contribution in [1.82, 2.24) is 10.6 Å². The van der Waals surface area contributed by atoms with Crippen molar-refractivity contribution < 1.29 is 35.9 Å². The maximum atomic E-state index is 13.1. The summed E-state index contributed by atoms with van der Waals surface area (Å²) < 4.78 is 65.4. The molecule has 12 heteroatoms. The van der Waals surface area contributed by atoms with Gasteiger partial charge in [0, 0.05) is 17.9 Å². The summed E-state index contributed by atoms with van der Waals surface area (Å²) in [6.45, 7) is 2.16. The molecule has 0 radical (unpaired) electrons. The highest BCUT2D eigenvalue weighted by molar-refractivity contribution is 7.91. The van der Waals surface area contributed by atoms with Crippen LogP contribution in [0.5, 0.6) is 5.75 Å². The average Bonchev–Trinajstić information content (AvgIpc) is 3.10. The van der Waals surface area contributed by atoms with Crippen LogP contribution in [0.4, 0.5) is 13.2 Å². The molecule has 8 nitrogen and oxygen atoms in total. The Bertz CT molecular complexity index is 1400. The Morgan fingerprint density at radius 1 is 1.18 bits per heavy atom. The van der Waals surface area contributed by atoms with Gasteiger partial charge < -0.3 is 15.4 Å². The van der Waals surface area contributed by atoms with Crippen molar-refractivity contribution in [2.24, 2.45) is 0 Å². The second-order valence-electron chi connectivity index (χ2n) is 9.46. The van der Waals surface area contributed by atoms with E-state index < -0.39 is 45.7 Å². The molecule has 0 saturated heterocycles. The summed E-state index contributed by atoms with van der Waals surface area (Å²) in [7, 11) is -3.66. The zero-order chi connectivity index (χ0) is 28.3. The first-order chi connectivity index (χ1) is 17.5. The molecule has 204 valence electrons. The number of allylic oxidation sites excluding steroid dienone is 1. The second kappa shape index (κ2) is 11.0. The van der Waals surface area contributed by atoms with E-state index in [2.05, 4.69) is 10.6 Å². The summed E-state index contributed by atoms with van der Waals surface area (Å²) in [5.74, 6) is -2.30. The molecule has 2 aromatic rings. The van der Waals surface area contributed by atoms with Crippen LogP contribution in [0.15, 0.2) is 54.2 Å². The lowest BCUT2D eigenvalue weighted by Gasteiger charge is -2.27. The van der Waals surface area contributed by atoms with Crippen LogP contribution in [-0.2, 0) is 31.4 Å². The Morgan fingerprint density at radius 2 is 1.89 bits per heavy atom. The first kappa shape index (κ1) is 28.9. The summed E-state index contributed by atoms with van der Waals surface area (Å²) >= 11 is 0. The average molecular weight is 552 g/mol. The number of carbonyl (C=O) groups excluding carboxylic acids is 2. The molecule has 1 atom stereocenters. The van der Waals surface area contributed by atoms with Gasteiger partial charge in [0.05, 0.1) is 16.9 Å². The summed E-state index contributed by atoms with van der Waals surface area (Å²) in [6.07, 6.45) is -1.61. The van der Waals surface area contributed by atoms with Crippen LogP contribution < -0.4 is 15.4 Å². The lowest BCUT2D eigenvalue weighted by atomic mass is 9.94. The van der Waals surface area contributed by atoms with Crippen molar-refractivity contribution in [3.05, 3.63) is 76.5 Å². The Morgan fingerprint density at radius 3 is 2.53 bits per heavy atom. The fraction of sp³-hybridized carbons (Fsp3) is 0.346. The number of aryl methyl sites for hydroxylation is 2. The smallest absolute Gasteiger partial charge is 0.422 e. The summed E-state index contributed by atoms with van der Waals surface area (Å²) in [5, 5.41) is 13.8. The third-order valence-electron chi connectivity index (χ3n) is 5.89. The van der Waals surface area contributed by atoms with Crippen LogP contribution in [0, 0.1) is 12.3 Å². The number of carbonyl (C=O) groups is 2. The first-order valence-electron chi connectivity index (χ1n) is 11.5. The highest BCUT2D eigenvalue weighted by atomic mass is 32.2. The fourth-order valence-electron chi connectivity index (χ4n) is 4.21. The highest BCUT2D eigenvalue weighted by Gasteiger charge is 2.36. The van der Waals surface area contributed by atoms with Crippen LogP contribution >= 0.6 is 0 Å². The van der Waals surface area contributed by atoms with Gasteiger partial charge in [0.1, 0.15) is 11.5 Å². The summed E-state index contributed by atoms with van der Waals surface area (Å²) in [5.41, 5.74) is 1.44. The topological polar surface area (TPSA) is 125 Å². The second-order valence-corrected chi connectivity index (χ2v) is 11.6. The highest BCUT2D eigenvalue weighted by Crippen LogP contribution is 2.38. The van der Waals surface area contributed by atoms with Gasteiger partial charge in [-0.05, 0) is 56.0 Å². The van der Waals surface area contributed by atoms with Crippen LogP contribution in [0.3, 0.4) is 0 Å². The maximum Gasteiger partial charge on any atom is 0.422 e. The van der Waals surface area contributed by atoms with Crippen molar-refractivity contribution >= 4 is 27.4 Å². The lowest BCUT2D eigenvalue weighted by Crippen LogP contribution is -2.42. The molecule has 0 aromatic heterocycles. The number of alkyl halides is 3. The number of fused-ring (bicyclic) bond motifs is 1. The Kier molecular flexibility index (Phi) is 8.35. The number of hydrogen-bond donors (Lipinski definition) is 3. The molecule has 3 rings (SSSR count). The minimum Gasteiger partial charge on any atom is -0.484 e. The van der Waals surface area contributed by atoms with Gasteiger partial charge >= 0.3 is 6.18 Å². The SMILES string of the molecule is Cc1cccc(C(=N)/C(=C/C(=O)N[C@@]2(C)CCc3cc(OCC(F)(F)F)ccc32)NC(=O)CS(C)(=O)=O)c1. The van der Waals surface area contributed by atoms with Gasteiger partial charge in [0.25, 0.3) is 0 Å². The molecule has 0 aliphatic heterocycles. The molecule has 0 heterocycles. The molecule has 2 aromatic carbocycles. The van der Waals surface area contributed by atoms with E-state index in [0.717, 1.165) is 23.5 Å².